The van der Waals surface area contributed by atoms with E-state index in [4.69, 9.17) is 15.2 Å². The van der Waals surface area contributed by atoms with E-state index >= 15 is 0 Å². The van der Waals surface area contributed by atoms with E-state index in [1.165, 1.54) is 25.7 Å². The molecule has 0 aliphatic heterocycles. The molecule has 0 unspecified atom stereocenters. The largest absolute Gasteiger partial charge is 0.493 e. The van der Waals surface area contributed by atoms with Gasteiger partial charge in [-0.15, -0.1) is 0 Å². The molecule has 0 spiro atoms. The van der Waals surface area contributed by atoms with Crippen LogP contribution < -0.4 is 15.8 Å². The summed E-state index contributed by atoms with van der Waals surface area (Å²) in [5.41, 5.74) is 6.56. The fourth-order valence-corrected chi connectivity index (χ4v) is 2.38. The summed E-state index contributed by atoms with van der Waals surface area (Å²) in [5, 5.41) is 2.53. The summed E-state index contributed by atoms with van der Waals surface area (Å²) >= 11 is 0. The normalized spacial score (nSPS) is 10.3. The number of hydrogen-bond acceptors (Lipinski definition) is 5. The molecular formula is C19H30N2O4. The third-order valence-corrected chi connectivity index (χ3v) is 3.70. The Bertz CT molecular complexity index is 546. The second-order valence-electron chi connectivity index (χ2n) is 5.86. The van der Waals surface area contributed by atoms with Crippen molar-refractivity contribution in [2.75, 3.05) is 25.5 Å². The standard InChI is InChI=1S/C19H30N2O4/c1-3-5-6-7-8-9-12-25-17-11-10-15(20)13-16(17)19(23)21-14-18(22)24-4-2/h10-11,13H,3-9,12,14,20H2,1-2H3,(H,21,23). The van der Waals surface area contributed by atoms with Gasteiger partial charge in [0.1, 0.15) is 12.3 Å². The summed E-state index contributed by atoms with van der Waals surface area (Å²) < 4.78 is 10.5. The van der Waals surface area contributed by atoms with Crippen molar-refractivity contribution in [1.82, 2.24) is 5.32 Å². The minimum Gasteiger partial charge on any atom is -0.493 e. The van der Waals surface area contributed by atoms with Crippen molar-refractivity contribution in [2.45, 2.75) is 52.4 Å². The Hall–Kier alpha value is -2.24. The summed E-state index contributed by atoms with van der Waals surface area (Å²) in [6.07, 6.45) is 7.00. The minimum atomic E-state index is -0.477. The van der Waals surface area contributed by atoms with Gasteiger partial charge in [-0.3, -0.25) is 9.59 Å². The fraction of sp³-hybridized carbons (Fsp3) is 0.579. The monoisotopic (exact) mass is 350 g/mol. The van der Waals surface area contributed by atoms with Crippen LogP contribution in [0.25, 0.3) is 0 Å². The van der Waals surface area contributed by atoms with Crippen LogP contribution in [0.15, 0.2) is 18.2 Å². The summed E-state index contributed by atoms with van der Waals surface area (Å²) in [6.45, 7) is 4.55. The Morgan fingerprint density at radius 2 is 1.80 bits per heavy atom. The highest BCUT2D eigenvalue weighted by Crippen LogP contribution is 2.22. The molecule has 1 aromatic rings. The van der Waals surface area contributed by atoms with E-state index in [9.17, 15) is 9.59 Å². The van der Waals surface area contributed by atoms with Gasteiger partial charge in [-0.2, -0.15) is 0 Å². The third kappa shape index (κ3) is 8.42. The Morgan fingerprint density at radius 3 is 2.52 bits per heavy atom. The molecule has 6 nitrogen and oxygen atoms in total. The Balaban J connectivity index is 2.51. The molecule has 1 rings (SSSR count). The molecule has 0 bridgehead atoms. The lowest BCUT2D eigenvalue weighted by Crippen LogP contribution is -2.31. The zero-order valence-corrected chi connectivity index (χ0v) is 15.3. The summed E-state index contributed by atoms with van der Waals surface area (Å²) in [6, 6.07) is 4.93. The summed E-state index contributed by atoms with van der Waals surface area (Å²) in [5.74, 6) is -0.406. The van der Waals surface area contributed by atoms with Gasteiger partial charge in [-0.05, 0) is 31.5 Å². The lowest BCUT2D eigenvalue weighted by molar-refractivity contribution is -0.141. The highest BCUT2D eigenvalue weighted by Gasteiger charge is 2.14. The van der Waals surface area contributed by atoms with Crippen LogP contribution in [0.1, 0.15) is 62.7 Å². The molecule has 25 heavy (non-hydrogen) atoms. The average Bonchev–Trinajstić information content (AvgIpc) is 2.60. The lowest BCUT2D eigenvalue weighted by atomic mass is 10.1. The van der Waals surface area contributed by atoms with Crippen LogP contribution in [-0.2, 0) is 9.53 Å². The molecule has 0 radical (unpaired) electrons. The molecule has 0 aliphatic carbocycles. The van der Waals surface area contributed by atoms with Crippen LogP contribution in [0, 0.1) is 0 Å². The maximum atomic E-state index is 12.3. The van der Waals surface area contributed by atoms with Crippen LogP contribution in [-0.4, -0.2) is 31.6 Å². The number of anilines is 1. The first kappa shape index (κ1) is 20.8. The second-order valence-corrected chi connectivity index (χ2v) is 5.86. The predicted molar refractivity (Wildman–Crippen MR) is 98.7 cm³/mol. The number of hydrogen-bond donors (Lipinski definition) is 2. The van der Waals surface area contributed by atoms with E-state index in [0.717, 1.165) is 12.8 Å². The van der Waals surface area contributed by atoms with E-state index < -0.39 is 11.9 Å². The molecule has 3 N–H and O–H groups in total. The van der Waals surface area contributed by atoms with Crippen molar-refractivity contribution in [1.29, 1.82) is 0 Å². The highest BCUT2D eigenvalue weighted by atomic mass is 16.5. The van der Waals surface area contributed by atoms with Crippen molar-refractivity contribution in [2.24, 2.45) is 0 Å². The number of rotatable bonds is 12. The molecule has 1 amide bonds. The van der Waals surface area contributed by atoms with Gasteiger partial charge in [0.05, 0.1) is 18.8 Å². The number of carbonyl (C=O) groups is 2. The van der Waals surface area contributed by atoms with Gasteiger partial charge in [0.15, 0.2) is 0 Å². The first-order chi connectivity index (χ1) is 12.1. The van der Waals surface area contributed by atoms with Crippen LogP contribution in [0.5, 0.6) is 5.75 Å². The number of amides is 1. The Kier molecular flexibility index (Phi) is 10.1. The molecule has 0 saturated carbocycles. The number of nitrogens with one attached hydrogen (secondary N) is 1. The third-order valence-electron chi connectivity index (χ3n) is 3.70. The molecule has 6 heteroatoms. The van der Waals surface area contributed by atoms with E-state index in [0.29, 0.717) is 23.6 Å². The number of nitrogens with two attached hydrogens (primary N) is 1. The van der Waals surface area contributed by atoms with E-state index in [-0.39, 0.29) is 13.2 Å². The molecule has 0 fully saturated rings. The van der Waals surface area contributed by atoms with E-state index in [1.807, 2.05) is 0 Å². The molecule has 0 aromatic heterocycles. The lowest BCUT2D eigenvalue weighted by Gasteiger charge is -2.12. The van der Waals surface area contributed by atoms with Gasteiger partial charge in [-0.25, -0.2) is 0 Å². The van der Waals surface area contributed by atoms with Gasteiger partial charge >= 0.3 is 5.97 Å². The average molecular weight is 350 g/mol. The maximum absolute atomic E-state index is 12.3. The molecule has 0 heterocycles. The topological polar surface area (TPSA) is 90.6 Å². The smallest absolute Gasteiger partial charge is 0.325 e. The van der Waals surface area contributed by atoms with Gasteiger partial charge in [0.2, 0.25) is 0 Å². The quantitative estimate of drug-likeness (QED) is 0.343. The van der Waals surface area contributed by atoms with Gasteiger partial charge in [-0.1, -0.05) is 39.0 Å². The van der Waals surface area contributed by atoms with Gasteiger partial charge in [0.25, 0.3) is 5.91 Å². The number of esters is 1. The van der Waals surface area contributed by atoms with Crippen LogP contribution in [0.3, 0.4) is 0 Å². The molecule has 1 aromatic carbocycles. The molecule has 0 saturated heterocycles. The molecule has 140 valence electrons. The van der Waals surface area contributed by atoms with Crippen LogP contribution >= 0.6 is 0 Å². The number of unbranched alkanes of at least 4 members (excludes halogenated alkanes) is 5. The van der Waals surface area contributed by atoms with Crippen molar-refractivity contribution < 1.29 is 19.1 Å². The van der Waals surface area contributed by atoms with E-state index in [2.05, 4.69) is 12.2 Å². The first-order valence-electron chi connectivity index (χ1n) is 9.04. The summed E-state index contributed by atoms with van der Waals surface area (Å²) in [7, 11) is 0. The predicted octanol–water partition coefficient (Wildman–Crippen LogP) is 3.30. The van der Waals surface area contributed by atoms with Crippen molar-refractivity contribution >= 4 is 17.6 Å². The van der Waals surface area contributed by atoms with Gasteiger partial charge in [0, 0.05) is 5.69 Å². The highest BCUT2D eigenvalue weighted by molar-refractivity contribution is 5.99. The molecular weight excluding hydrogens is 320 g/mol. The number of ether oxygens (including phenoxy) is 2. The summed E-state index contributed by atoms with van der Waals surface area (Å²) in [4.78, 5) is 23.6. The van der Waals surface area contributed by atoms with Crippen molar-refractivity contribution in [3.63, 3.8) is 0 Å². The number of nitrogen functional groups attached to an aromatic ring is 1. The van der Waals surface area contributed by atoms with Gasteiger partial charge < -0.3 is 20.5 Å². The number of benzene rings is 1. The Morgan fingerprint density at radius 1 is 1.08 bits per heavy atom. The zero-order valence-electron chi connectivity index (χ0n) is 15.3. The maximum Gasteiger partial charge on any atom is 0.325 e. The van der Waals surface area contributed by atoms with Crippen molar-refractivity contribution in [3.05, 3.63) is 23.8 Å². The molecule has 0 aliphatic rings. The zero-order chi connectivity index (χ0) is 18.5. The van der Waals surface area contributed by atoms with Crippen molar-refractivity contribution in [3.8, 4) is 5.75 Å². The first-order valence-corrected chi connectivity index (χ1v) is 9.04. The fourth-order valence-electron chi connectivity index (χ4n) is 2.38. The van der Waals surface area contributed by atoms with E-state index in [1.54, 1.807) is 25.1 Å². The SMILES string of the molecule is CCCCCCCCOc1ccc(N)cc1C(=O)NCC(=O)OCC. The van der Waals surface area contributed by atoms with Crippen LogP contribution in [0.2, 0.25) is 0 Å². The second kappa shape index (κ2) is 12.2. The Labute approximate surface area is 150 Å². The minimum absolute atomic E-state index is 0.182. The van der Waals surface area contributed by atoms with Crippen LogP contribution in [0.4, 0.5) is 5.69 Å². The number of carbonyl (C=O) groups excluding carboxylic acids is 2. The molecule has 0 atom stereocenters.